The van der Waals surface area contributed by atoms with Crippen molar-refractivity contribution in [2.75, 3.05) is 40.9 Å². The van der Waals surface area contributed by atoms with E-state index in [1.807, 2.05) is 39.4 Å². The van der Waals surface area contributed by atoms with Crippen molar-refractivity contribution in [2.45, 2.75) is 245 Å². The maximum absolute atomic E-state index is 13.4. The predicted octanol–water partition coefficient (Wildman–Crippen LogP) is 15.9. The highest BCUT2D eigenvalue weighted by atomic mass is 31.2. The highest BCUT2D eigenvalue weighted by Crippen LogP contribution is 2.43. The summed E-state index contributed by atoms with van der Waals surface area (Å²) >= 11 is 0. The second-order valence-electron chi connectivity index (χ2n) is 19.4. The molecular formula is C56H104N2O7P+. The van der Waals surface area contributed by atoms with Crippen molar-refractivity contribution in [1.82, 2.24) is 5.32 Å². The number of hydrogen-bond donors (Lipinski definition) is 2. The van der Waals surface area contributed by atoms with Crippen LogP contribution in [0.3, 0.4) is 0 Å². The molecule has 9 nitrogen and oxygen atoms in total. The zero-order valence-electron chi connectivity index (χ0n) is 43.7. The molecule has 384 valence electrons. The third-order valence-electron chi connectivity index (χ3n) is 11.7. The largest absolute Gasteiger partial charge is 0.472 e. The molecule has 0 saturated heterocycles. The lowest BCUT2D eigenvalue weighted by Gasteiger charge is -2.27. The number of unbranched alkanes of at least 4 members (excludes halogenated alkanes) is 24. The average Bonchev–Trinajstić information content (AvgIpc) is 3.27. The molecule has 0 saturated carbocycles. The number of rotatable bonds is 48. The van der Waals surface area contributed by atoms with Gasteiger partial charge in [0, 0.05) is 12.8 Å². The average molecular weight is 948 g/mol. The Morgan fingerprint density at radius 3 is 1.47 bits per heavy atom. The van der Waals surface area contributed by atoms with Crippen LogP contribution in [0.1, 0.15) is 233 Å². The molecule has 0 aliphatic heterocycles. The van der Waals surface area contributed by atoms with Crippen molar-refractivity contribution < 1.29 is 37.3 Å². The number of nitrogens with zero attached hydrogens (tertiary/aromatic N) is 1. The number of hydrogen-bond acceptors (Lipinski definition) is 6. The molecule has 0 bridgehead atoms. The lowest BCUT2D eigenvalue weighted by molar-refractivity contribution is -0.870. The van der Waals surface area contributed by atoms with E-state index in [-0.39, 0.29) is 25.5 Å². The van der Waals surface area contributed by atoms with Gasteiger partial charge in [-0.05, 0) is 76.7 Å². The van der Waals surface area contributed by atoms with Gasteiger partial charge in [-0.3, -0.25) is 18.6 Å². The van der Waals surface area contributed by atoms with Crippen molar-refractivity contribution in [3.8, 4) is 0 Å². The van der Waals surface area contributed by atoms with Gasteiger partial charge < -0.3 is 19.4 Å². The molecule has 0 aliphatic rings. The first-order chi connectivity index (χ1) is 31.9. The van der Waals surface area contributed by atoms with Gasteiger partial charge in [-0.1, -0.05) is 204 Å². The fourth-order valence-corrected chi connectivity index (χ4v) is 8.24. The van der Waals surface area contributed by atoms with E-state index >= 15 is 0 Å². The molecule has 0 spiro atoms. The standard InChI is InChI=1S/C56H103N2O7P/c1-7-10-13-16-19-22-25-28-31-33-36-39-42-45-48-55(59)57-53(52-64-66(61,62)63-51-50-58(4,5)6)54(47-44-41-38-35-32-29-26-23-20-17-14-11-8-2)65-56(60)49-46-43-40-37-34-30-27-24-21-18-15-12-9-3/h10,13,19,22,30,34,40,43-44,47,53-54H,7-9,11-12,14-18,20-21,23-29,31-33,35-39,41-42,45-46,48-52H2,1-6H3,(H-,57,59,61,62)/p+1/b13-10+,22-19+,34-30-,43-40+,47-44+. The van der Waals surface area contributed by atoms with Crippen molar-refractivity contribution in [3.05, 3.63) is 60.8 Å². The number of nitrogens with one attached hydrogen (secondary N) is 1. The van der Waals surface area contributed by atoms with Crippen LogP contribution in [0.2, 0.25) is 0 Å². The quantitative estimate of drug-likeness (QED) is 0.0205. The van der Waals surface area contributed by atoms with Crippen molar-refractivity contribution >= 4 is 19.7 Å². The molecule has 0 rings (SSSR count). The Labute approximate surface area is 407 Å². The van der Waals surface area contributed by atoms with Crippen molar-refractivity contribution in [1.29, 1.82) is 0 Å². The van der Waals surface area contributed by atoms with Gasteiger partial charge in [0.2, 0.25) is 5.91 Å². The first-order valence-electron chi connectivity index (χ1n) is 27.1. The monoisotopic (exact) mass is 948 g/mol. The molecule has 0 radical (unpaired) electrons. The van der Waals surface area contributed by atoms with Crippen LogP contribution in [0.15, 0.2) is 60.8 Å². The van der Waals surface area contributed by atoms with Crippen LogP contribution in [0.5, 0.6) is 0 Å². The minimum absolute atomic E-state index is 0.0298. The van der Waals surface area contributed by atoms with E-state index in [2.05, 4.69) is 68.6 Å². The van der Waals surface area contributed by atoms with E-state index in [0.29, 0.717) is 23.9 Å². The summed E-state index contributed by atoms with van der Waals surface area (Å²) in [6, 6.07) is -0.874. The number of quaternary nitrogens is 1. The van der Waals surface area contributed by atoms with Crippen LogP contribution >= 0.6 is 7.82 Å². The van der Waals surface area contributed by atoms with Crippen LogP contribution in [0.4, 0.5) is 0 Å². The number of amides is 1. The highest BCUT2D eigenvalue weighted by Gasteiger charge is 2.30. The van der Waals surface area contributed by atoms with Gasteiger partial charge in [-0.2, -0.15) is 0 Å². The van der Waals surface area contributed by atoms with E-state index in [1.165, 1.54) is 116 Å². The number of phosphoric acid groups is 1. The molecule has 2 N–H and O–H groups in total. The van der Waals surface area contributed by atoms with Crippen molar-refractivity contribution in [3.63, 3.8) is 0 Å². The lowest BCUT2D eigenvalue weighted by Crippen LogP contribution is -2.47. The summed E-state index contributed by atoms with van der Waals surface area (Å²) in [7, 11) is 1.46. The number of carbonyl (C=O) groups is 2. The molecule has 0 aromatic heterocycles. The van der Waals surface area contributed by atoms with Gasteiger partial charge in [0.15, 0.2) is 0 Å². The van der Waals surface area contributed by atoms with Crippen LogP contribution < -0.4 is 5.32 Å². The minimum atomic E-state index is -4.45. The topological polar surface area (TPSA) is 111 Å². The number of esters is 1. The van der Waals surface area contributed by atoms with E-state index in [0.717, 1.165) is 77.0 Å². The summed E-state index contributed by atoms with van der Waals surface area (Å²) in [4.78, 5) is 37.4. The molecule has 0 aromatic rings. The normalized spacial score (nSPS) is 14.3. The van der Waals surface area contributed by atoms with Gasteiger partial charge in [0.05, 0.1) is 33.8 Å². The van der Waals surface area contributed by atoms with Crippen molar-refractivity contribution in [2.24, 2.45) is 0 Å². The molecule has 1 amide bonds. The van der Waals surface area contributed by atoms with Gasteiger partial charge >= 0.3 is 13.8 Å². The number of ether oxygens (including phenoxy) is 1. The van der Waals surface area contributed by atoms with Crippen LogP contribution in [0, 0.1) is 0 Å². The first kappa shape index (κ1) is 63.7. The zero-order chi connectivity index (χ0) is 48.7. The van der Waals surface area contributed by atoms with Gasteiger partial charge in [-0.15, -0.1) is 0 Å². The molecule has 0 aliphatic carbocycles. The molecule has 0 aromatic carbocycles. The number of phosphoric ester groups is 1. The first-order valence-corrected chi connectivity index (χ1v) is 28.6. The Kier molecular flexibility index (Phi) is 44.8. The van der Waals surface area contributed by atoms with Gasteiger partial charge in [-0.25, -0.2) is 4.57 Å². The summed E-state index contributed by atoms with van der Waals surface area (Å²) in [5, 5.41) is 3.02. The van der Waals surface area contributed by atoms with Crippen LogP contribution in [-0.4, -0.2) is 74.3 Å². The molecule has 3 atom stereocenters. The Morgan fingerprint density at radius 1 is 0.545 bits per heavy atom. The van der Waals surface area contributed by atoms with E-state index in [4.69, 9.17) is 13.8 Å². The fraction of sp³-hybridized carbons (Fsp3) is 0.786. The maximum Gasteiger partial charge on any atom is 0.472 e. The van der Waals surface area contributed by atoms with E-state index < -0.39 is 25.9 Å². The lowest BCUT2D eigenvalue weighted by atomic mass is 10.0. The highest BCUT2D eigenvalue weighted by molar-refractivity contribution is 7.47. The zero-order valence-corrected chi connectivity index (χ0v) is 44.6. The summed E-state index contributed by atoms with van der Waals surface area (Å²) in [5.74, 6) is -0.594. The molecule has 0 fully saturated rings. The molecular weight excluding hydrogens is 844 g/mol. The summed E-state index contributed by atoms with van der Waals surface area (Å²) in [5.41, 5.74) is 0. The smallest absolute Gasteiger partial charge is 0.456 e. The molecule has 10 heteroatoms. The van der Waals surface area contributed by atoms with Crippen LogP contribution in [-0.2, 0) is 27.9 Å². The molecule has 3 unspecified atom stereocenters. The Morgan fingerprint density at radius 2 is 0.985 bits per heavy atom. The molecule has 0 heterocycles. The summed E-state index contributed by atoms with van der Waals surface area (Å²) in [6.07, 6.45) is 56.6. The third kappa shape index (κ3) is 46.8. The van der Waals surface area contributed by atoms with Gasteiger partial charge in [0.1, 0.15) is 19.3 Å². The van der Waals surface area contributed by atoms with E-state index in [1.54, 1.807) is 0 Å². The Bertz CT molecular complexity index is 1320. The predicted molar refractivity (Wildman–Crippen MR) is 282 cm³/mol. The maximum atomic E-state index is 13.4. The van der Waals surface area contributed by atoms with Crippen LogP contribution in [0.25, 0.3) is 0 Å². The SMILES string of the molecule is CC/C=C/C/C=C/CCCCCCCCCC(=O)NC(COP(=O)(O)OCC[N+](C)(C)C)C(/C=C/CCCCCCCCCCCCC)OC(=O)CC/C=C/C/C=C\CCCCCCCC. The number of likely N-dealkylation sites (N-methyl/N-ethyl adjacent to an activating group) is 1. The van der Waals surface area contributed by atoms with Gasteiger partial charge in [0.25, 0.3) is 0 Å². The third-order valence-corrected chi connectivity index (χ3v) is 12.7. The Balaban J connectivity index is 5.50. The Hall–Kier alpha value is -2.29. The number of allylic oxidation sites excluding steroid dienone is 9. The molecule has 66 heavy (non-hydrogen) atoms. The summed E-state index contributed by atoms with van der Waals surface area (Å²) in [6.45, 7) is 6.84. The minimum Gasteiger partial charge on any atom is -0.456 e. The van der Waals surface area contributed by atoms with E-state index in [9.17, 15) is 19.0 Å². The fourth-order valence-electron chi connectivity index (χ4n) is 7.50. The summed E-state index contributed by atoms with van der Waals surface area (Å²) < 4.78 is 30.5. The number of carbonyl (C=O) groups excluding carboxylic acids is 2. The second kappa shape index (κ2) is 46.4. The second-order valence-corrected chi connectivity index (χ2v) is 20.8.